The zero-order valence-corrected chi connectivity index (χ0v) is 10.8. The van der Waals surface area contributed by atoms with E-state index in [1.165, 1.54) is 37.7 Å². The lowest BCUT2D eigenvalue weighted by Gasteiger charge is -2.22. The summed E-state index contributed by atoms with van der Waals surface area (Å²) in [5, 5.41) is 4.57. The molecule has 0 aliphatic heterocycles. The van der Waals surface area contributed by atoms with Crippen molar-refractivity contribution < 1.29 is 0 Å². The third-order valence-electron chi connectivity index (χ3n) is 3.99. The van der Waals surface area contributed by atoms with Crippen LogP contribution in [0.5, 0.6) is 0 Å². The molecular formula is C14H24N2. The summed E-state index contributed by atoms with van der Waals surface area (Å²) in [6, 6.07) is 0.634. The van der Waals surface area contributed by atoms with Gasteiger partial charge in [-0.15, -0.1) is 0 Å². The quantitative estimate of drug-likeness (QED) is 0.745. The van der Waals surface area contributed by atoms with Crippen LogP contribution in [0.2, 0.25) is 0 Å². The van der Waals surface area contributed by atoms with Gasteiger partial charge in [-0.1, -0.05) is 33.6 Å². The van der Waals surface area contributed by atoms with Gasteiger partial charge in [-0.05, 0) is 36.7 Å². The van der Waals surface area contributed by atoms with Crippen molar-refractivity contribution in [3.63, 3.8) is 0 Å². The summed E-state index contributed by atoms with van der Waals surface area (Å²) < 4.78 is 2.23. The minimum Gasteiger partial charge on any atom is -0.269 e. The van der Waals surface area contributed by atoms with E-state index in [0.717, 1.165) is 5.92 Å². The van der Waals surface area contributed by atoms with E-state index in [0.29, 0.717) is 12.0 Å². The lowest BCUT2D eigenvalue weighted by Crippen LogP contribution is -2.17. The van der Waals surface area contributed by atoms with Gasteiger partial charge in [0.1, 0.15) is 0 Å². The van der Waals surface area contributed by atoms with Crippen molar-refractivity contribution in [3.05, 3.63) is 18.0 Å². The van der Waals surface area contributed by atoms with Gasteiger partial charge >= 0.3 is 0 Å². The van der Waals surface area contributed by atoms with Crippen molar-refractivity contribution in [3.8, 4) is 0 Å². The number of nitrogens with zero attached hydrogens (tertiary/aromatic N) is 2. The van der Waals surface area contributed by atoms with Crippen LogP contribution in [-0.4, -0.2) is 9.78 Å². The van der Waals surface area contributed by atoms with E-state index in [9.17, 15) is 0 Å². The third kappa shape index (κ3) is 2.31. The van der Waals surface area contributed by atoms with Gasteiger partial charge in [0.25, 0.3) is 0 Å². The van der Waals surface area contributed by atoms with E-state index in [2.05, 4.69) is 36.7 Å². The summed E-state index contributed by atoms with van der Waals surface area (Å²) in [5.41, 5.74) is 1.37. The van der Waals surface area contributed by atoms with Crippen LogP contribution in [-0.2, 0) is 0 Å². The van der Waals surface area contributed by atoms with Gasteiger partial charge in [0, 0.05) is 6.20 Å². The maximum Gasteiger partial charge on any atom is 0.0544 e. The summed E-state index contributed by atoms with van der Waals surface area (Å²) in [7, 11) is 0. The van der Waals surface area contributed by atoms with E-state index in [1.807, 2.05) is 6.20 Å². The molecule has 1 heterocycles. The third-order valence-corrected chi connectivity index (χ3v) is 3.99. The van der Waals surface area contributed by atoms with Crippen LogP contribution in [0.15, 0.2) is 12.4 Å². The minimum absolute atomic E-state index is 0.592. The van der Waals surface area contributed by atoms with Crippen molar-refractivity contribution in [2.24, 2.45) is 5.92 Å². The Labute approximate surface area is 99.0 Å². The normalized spacial score (nSPS) is 19.5. The summed E-state index contributed by atoms with van der Waals surface area (Å²) in [6.45, 7) is 6.76. The molecule has 0 aromatic carbocycles. The Morgan fingerprint density at radius 2 is 2.06 bits per heavy atom. The Morgan fingerprint density at radius 1 is 1.38 bits per heavy atom. The Morgan fingerprint density at radius 3 is 2.56 bits per heavy atom. The molecule has 1 aliphatic rings. The molecule has 2 rings (SSSR count). The molecule has 1 fully saturated rings. The van der Waals surface area contributed by atoms with E-state index < -0.39 is 0 Å². The largest absolute Gasteiger partial charge is 0.269 e. The average molecular weight is 220 g/mol. The van der Waals surface area contributed by atoms with Crippen molar-refractivity contribution >= 4 is 0 Å². The maximum atomic E-state index is 4.57. The first-order chi connectivity index (χ1) is 7.72. The van der Waals surface area contributed by atoms with Gasteiger partial charge in [0.15, 0.2) is 0 Å². The van der Waals surface area contributed by atoms with Gasteiger partial charge < -0.3 is 0 Å². The lowest BCUT2D eigenvalue weighted by molar-refractivity contribution is 0.301. The molecule has 0 unspecified atom stereocenters. The van der Waals surface area contributed by atoms with Crippen LogP contribution in [0.3, 0.4) is 0 Å². The predicted molar refractivity (Wildman–Crippen MR) is 67.6 cm³/mol. The molecule has 1 aliphatic carbocycles. The highest BCUT2D eigenvalue weighted by molar-refractivity contribution is 5.09. The molecule has 0 bridgehead atoms. The second-order valence-corrected chi connectivity index (χ2v) is 5.43. The van der Waals surface area contributed by atoms with E-state index in [1.54, 1.807) is 0 Å². The number of aromatic nitrogens is 2. The molecule has 0 amide bonds. The lowest BCUT2D eigenvalue weighted by atomic mass is 9.96. The van der Waals surface area contributed by atoms with E-state index >= 15 is 0 Å². The standard InChI is InChI=1S/C14H24N2/c1-4-14(12-7-5-6-8-12)16-10-13(9-15-16)11(2)3/h9-12,14H,4-8H2,1-3H3/t14-/m1/s1. The second-order valence-electron chi connectivity index (χ2n) is 5.43. The predicted octanol–water partition coefficient (Wildman–Crippen LogP) is 4.15. The minimum atomic E-state index is 0.592. The number of hydrogen-bond acceptors (Lipinski definition) is 1. The SMILES string of the molecule is CC[C@H](C1CCCC1)n1cc(C(C)C)cn1. The fourth-order valence-corrected chi connectivity index (χ4v) is 2.91. The number of hydrogen-bond donors (Lipinski definition) is 0. The molecule has 1 atom stereocenters. The van der Waals surface area contributed by atoms with Crippen LogP contribution in [0.25, 0.3) is 0 Å². The summed E-state index contributed by atoms with van der Waals surface area (Å²) in [5.74, 6) is 1.46. The van der Waals surface area contributed by atoms with E-state index in [-0.39, 0.29) is 0 Å². The molecule has 0 N–H and O–H groups in total. The number of rotatable bonds is 4. The molecule has 1 aromatic heterocycles. The van der Waals surface area contributed by atoms with Gasteiger partial charge in [0.05, 0.1) is 12.2 Å². The van der Waals surface area contributed by atoms with Gasteiger partial charge in [-0.25, -0.2) is 0 Å². The molecule has 0 radical (unpaired) electrons. The molecule has 1 aromatic rings. The fourth-order valence-electron chi connectivity index (χ4n) is 2.91. The molecule has 0 saturated heterocycles. The molecular weight excluding hydrogens is 196 g/mol. The van der Waals surface area contributed by atoms with Crippen LogP contribution < -0.4 is 0 Å². The van der Waals surface area contributed by atoms with Crippen LogP contribution in [0.1, 0.15) is 70.4 Å². The molecule has 2 nitrogen and oxygen atoms in total. The van der Waals surface area contributed by atoms with Crippen LogP contribution in [0, 0.1) is 5.92 Å². The summed E-state index contributed by atoms with van der Waals surface area (Å²) in [6.07, 6.45) is 11.1. The fraction of sp³-hybridized carbons (Fsp3) is 0.786. The van der Waals surface area contributed by atoms with Gasteiger partial charge in [-0.2, -0.15) is 5.10 Å². The van der Waals surface area contributed by atoms with Crippen LogP contribution in [0.4, 0.5) is 0 Å². The molecule has 16 heavy (non-hydrogen) atoms. The highest BCUT2D eigenvalue weighted by Gasteiger charge is 2.25. The Kier molecular flexibility index (Phi) is 3.67. The highest BCUT2D eigenvalue weighted by atomic mass is 15.3. The first kappa shape index (κ1) is 11.7. The molecule has 90 valence electrons. The first-order valence-electron chi connectivity index (χ1n) is 6.76. The Bertz CT molecular complexity index is 321. The van der Waals surface area contributed by atoms with E-state index in [4.69, 9.17) is 0 Å². The van der Waals surface area contributed by atoms with Crippen molar-refractivity contribution in [2.75, 3.05) is 0 Å². The maximum absolute atomic E-state index is 4.57. The smallest absolute Gasteiger partial charge is 0.0544 e. The van der Waals surface area contributed by atoms with Crippen LogP contribution >= 0.6 is 0 Å². The summed E-state index contributed by atoms with van der Waals surface area (Å²) in [4.78, 5) is 0. The second kappa shape index (κ2) is 5.03. The zero-order valence-electron chi connectivity index (χ0n) is 10.8. The zero-order chi connectivity index (χ0) is 11.5. The van der Waals surface area contributed by atoms with Gasteiger partial charge in [0.2, 0.25) is 0 Å². The topological polar surface area (TPSA) is 17.8 Å². The molecule has 1 saturated carbocycles. The Hall–Kier alpha value is -0.790. The summed E-state index contributed by atoms with van der Waals surface area (Å²) >= 11 is 0. The highest BCUT2D eigenvalue weighted by Crippen LogP contribution is 2.36. The van der Waals surface area contributed by atoms with Crippen molar-refractivity contribution in [1.82, 2.24) is 9.78 Å². The van der Waals surface area contributed by atoms with Crippen molar-refractivity contribution in [2.45, 2.75) is 64.8 Å². The monoisotopic (exact) mass is 220 g/mol. The van der Waals surface area contributed by atoms with Gasteiger partial charge in [-0.3, -0.25) is 4.68 Å². The molecule has 0 spiro atoms. The molecule has 2 heteroatoms. The Balaban J connectivity index is 2.12. The van der Waals surface area contributed by atoms with Crippen molar-refractivity contribution in [1.29, 1.82) is 0 Å². The first-order valence-corrected chi connectivity index (χ1v) is 6.76. The average Bonchev–Trinajstić information content (AvgIpc) is 2.88.